The highest BCUT2D eigenvalue weighted by atomic mass is 16.5. The summed E-state index contributed by atoms with van der Waals surface area (Å²) in [5, 5.41) is 2.87. The molecule has 2 aliphatic rings. The molecule has 2 amide bonds. The second-order valence-corrected chi connectivity index (χ2v) is 7.38. The third-order valence-electron chi connectivity index (χ3n) is 5.39. The van der Waals surface area contributed by atoms with Gasteiger partial charge in [0.1, 0.15) is 6.54 Å². The summed E-state index contributed by atoms with van der Waals surface area (Å²) < 4.78 is 5.06. The third kappa shape index (κ3) is 5.55. The maximum atomic E-state index is 12.0. The first-order chi connectivity index (χ1) is 13.1. The molecule has 0 aromatic heterocycles. The van der Waals surface area contributed by atoms with Gasteiger partial charge in [0.15, 0.2) is 6.61 Å². The molecule has 0 bridgehead atoms. The summed E-state index contributed by atoms with van der Waals surface area (Å²) in [6.07, 6.45) is 6.53. The van der Waals surface area contributed by atoms with E-state index in [1.165, 1.54) is 16.0 Å². The number of carbonyl (C=O) groups excluding carboxylic acids is 3. The van der Waals surface area contributed by atoms with Crippen molar-refractivity contribution in [2.75, 3.05) is 26.2 Å². The zero-order chi connectivity index (χ0) is 19.1. The average molecular weight is 372 g/mol. The molecule has 1 aliphatic carbocycles. The fourth-order valence-corrected chi connectivity index (χ4v) is 3.91. The van der Waals surface area contributed by atoms with Crippen molar-refractivity contribution < 1.29 is 19.1 Å². The summed E-state index contributed by atoms with van der Waals surface area (Å²) in [5.41, 5.74) is 2.66. The Morgan fingerprint density at radius 2 is 1.96 bits per heavy atom. The van der Waals surface area contributed by atoms with Crippen molar-refractivity contribution in [3.8, 4) is 0 Å². The summed E-state index contributed by atoms with van der Waals surface area (Å²) in [5.74, 6) is -0.522. The van der Waals surface area contributed by atoms with E-state index in [1.54, 1.807) is 0 Å². The summed E-state index contributed by atoms with van der Waals surface area (Å²) in [4.78, 5) is 37.4. The number of ether oxygens (including phenoxy) is 1. The van der Waals surface area contributed by atoms with E-state index in [9.17, 15) is 14.4 Å². The van der Waals surface area contributed by atoms with Gasteiger partial charge in [0, 0.05) is 25.4 Å². The molecule has 6 nitrogen and oxygen atoms in total. The van der Waals surface area contributed by atoms with Crippen LogP contribution in [-0.2, 0) is 25.5 Å². The smallest absolute Gasteiger partial charge is 0.326 e. The van der Waals surface area contributed by atoms with Crippen molar-refractivity contribution in [3.05, 3.63) is 35.4 Å². The van der Waals surface area contributed by atoms with Crippen molar-refractivity contribution in [1.29, 1.82) is 0 Å². The molecule has 0 saturated carbocycles. The SMILES string of the molecule is O=C(COC(=O)CN1CCCCCC1=O)NC[C@H]1CCCc2ccccc21. The van der Waals surface area contributed by atoms with Crippen molar-refractivity contribution in [2.45, 2.75) is 50.9 Å². The first kappa shape index (κ1) is 19.4. The van der Waals surface area contributed by atoms with E-state index in [1.807, 2.05) is 12.1 Å². The molecule has 1 aromatic carbocycles. The van der Waals surface area contributed by atoms with Crippen LogP contribution in [0, 0.1) is 0 Å². The summed E-state index contributed by atoms with van der Waals surface area (Å²) in [6, 6.07) is 8.36. The summed E-state index contributed by atoms with van der Waals surface area (Å²) >= 11 is 0. The van der Waals surface area contributed by atoms with E-state index in [4.69, 9.17) is 4.74 Å². The van der Waals surface area contributed by atoms with Crippen LogP contribution < -0.4 is 5.32 Å². The maximum Gasteiger partial charge on any atom is 0.326 e. The molecule has 1 atom stereocenters. The highest BCUT2D eigenvalue weighted by molar-refractivity contribution is 5.84. The fourth-order valence-electron chi connectivity index (χ4n) is 3.91. The van der Waals surface area contributed by atoms with Gasteiger partial charge in [-0.2, -0.15) is 0 Å². The molecular weight excluding hydrogens is 344 g/mol. The third-order valence-corrected chi connectivity index (χ3v) is 5.39. The van der Waals surface area contributed by atoms with Crippen LogP contribution in [0.25, 0.3) is 0 Å². The first-order valence-corrected chi connectivity index (χ1v) is 9.91. The van der Waals surface area contributed by atoms with Gasteiger partial charge in [-0.05, 0) is 43.2 Å². The lowest BCUT2D eigenvalue weighted by molar-refractivity contribution is -0.152. The molecule has 1 aromatic rings. The minimum atomic E-state index is -0.525. The summed E-state index contributed by atoms with van der Waals surface area (Å²) in [6.45, 7) is 0.774. The lowest BCUT2D eigenvalue weighted by Gasteiger charge is -2.25. The Labute approximate surface area is 160 Å². The standard InChI is InChI=1S/C21H28N2O4/c24-19(15-27-21(26)14-23-12-5-1-2-11-20(23)25)22-13-17-9-6-8-16-7-3-4-10-18(16)17/h3-4,7,10,17H,1-2,5-6,8-9,11-15H2,(H,22,24)/t17-/m1/s1. The molecule has 0 spiro atoms. The molecule has 6 heteroatoms. The van der Waals surface area contributed by atoms with Crippen molar-refractivity contribution in [1.82, 2.24) is 10.2 Å². The molecule has 1 N–H and O–H groups in total. The van der Waals surface area contributed by atoms with Gasteiger partial charge in [0.05, 0.1) is 0 Å². The lowest BCUT2D eigenvalue weighted by Crippen LogP contribution is -2.38. The minimum absolute atomic E-state index is 0.00938. The van der Waals surface area contributed by atoms with E-state index in [-0.39, 0.29) is 25.0 Å². The Balaban J connectivity index is 1.40. The van der Waals surface area contributed by atoms with Crippen LogP contribution >= 0.6 is 0 Å². The van der Waals surface area contributed by atoms with E-state index in [2.05, 4.69) is 17.4 Å². The average Bonchev–Trinajstić information content (AvgIpc) is 2.89. The zero-order valence-corrected chi connectivity index (χ0v) is 15.7. The molecule has 0 unspecified atom stereocenters. The molecule has 0 radical (unpaired) electrons. The number of hydrogen-bond acceptors (Lipinski definition) is 4. The second kappa shape index (κ2) is 9.53. The van der Waals surface area contributed by atoms with Crippen LogP contribution in [-0.4, -0.2) is 48.9 Å². The molecule has 1 aliphatic heterocycles. The Kier molecular flexibility index (Phi) is 6.85. The molecular formula is C21H28N2O4. The van der Waals surface area contributed by atoms with E-state index >= 15 is 0 Å². The van der Waals surface area contributed by atoms with Gasteiger partial charge in [0.25, 0.3) is 5.91 Å². The van der Waals surface area contributed by atoms with Crippen LogP contribution in [0.3, 0.4) is 0 Å². The van der Waals surface area contributed by atoms with Crippen molar-refractivity contribution >= 4 is 17.8 Å². The number of amides is 2. The number of aryl methyl sites for hydroxylation is 1. The monoisotopic (exact) mass is 372 g/mol. The van der Waals surface area contributed by atoms with Crippen molar-refractivity contribution in [2.24, 2.45) is 0 Å². The Morgan fingerprint density at radius 3 is 2.85 bits per heavy atom. The van der Waals surface area contributed by atoms with Crippen LogP contribution in [0.1, 0.15) is 55.6 Å². The van der Waals surface area contributed by atoms with Gasteiger partial charge >= 0.3 is 5.97 Å². The van der Waals surface area contributed by atoms with E-state index in [0.717, 1.165) is 38.5 Å². The maximum absolute atomic E-state index is 12.0. The topological polar surface area (TPSA) is 75.7 Å². The number of hydrogen-bond donors (Lipinski definition) is 1. The van der Waals surface area contributed by atoms with Gasteiger partial charge in [-0.25, -0.2) is 0 Å². The number of esters is 1. The van der Waals surface area contributed by atoms with Gasteiger partial charge in [0.2, 0.25) is 5.91 Å². The van der Waals surface area contributed by atoms with E-state index < -0.39 is 5.97 Å². The quantitative estimate of drug-likeness (QED) is 0.777. The number of nitrogens with one attached hydrogen (secondary N) is 1. The highest BCUT2D eigenvalue weighted by Crippen LogP contribution is 2.30. The molecule has 1 saturated heterocycles. The van der Waals surface area contributed by atoms with Crippen LogP contribution in [0.5, 0.6) is 0 Å². The van der Waals surface area contributed by atoms with Crippen LogP contribution in [0.4, 0.5) is 0 Å². The van der Waals surface area contributed by atoms with Gasteiger partial charge in [-0.15, -0.1) is 0 Å². The number of carbonyl (C=O) groups is 3. The molecule has 27 heavy (non-hydrogen) atoms. The molecule has 1 heterocycles. The van der Waals surface area contributed by atoms with Crippen LogP contribution in [0.15, 0.2) is 24.3 Å². The number of likely N-dealkylation sites (tertiary alicyclic amines) is 1. The van der Waals surface area contributed by atoms with E-state index in [0.29, 0.717) is 25.4 Å². The lowest BCUT2D eigenvalue weighted by atomic mass is 9.83. The largest absolute Gasteiger partial charge is 0.454 e. The predicted octanol–water partition coefficient (Wildman–Crippen LogP) is 2.17. The van der Waals surface area contributed by atoms with Gasteiger partial charge in [-0.1, -0.05) is 30.7 Å². The normalized spacial score (nSPS) is 19.8. The summed E-state index contributed by atoms with van der Waals surface area (Å²) in [7, 11) is 0. The van der Waals surface area contributed by atoms with Crippen molar-refractivity contribution in [3.63, 3.8) is 0 Å². The fraction of sp³-hybridized carbons (Fsp3) is 0.571. The predicted molar refractivity (Wildman–Crippen MR) is 101 cm³/mol. The number of rotatable bonds is 6. The second-order valence-electron chi connectivity index (χ2n) is 7.38. The first-order valence-electron chi connectivity index (χ1n) is 9.91. The molecule has 3 rings (SSSR count). The number of nitrogens with zero attached hydrogens (tertiary/aromatic N) is 1. The molecule has 1 fully saturated rings. The Morgan fingerprint density at radius 1 is 1.11 bits per heavy atom. The highest BCUT2D eigenvalue weighted by Gasteiger charge is 2.22. The minimum Gasteiger partial charge on any atom is -0.454 e. The number of fused-ring (bicyclic) bond motifs is 1. The van der Waals surface area contributed by atoms with Gasteiger partial charge < -0.3 is 15.0 Å². The zero-order valence-electron chi connectivity index (χ0n) is 15.7. The number of benzene rings is 1. The molecule has 146 valence electrons. The van der Waals surface area contributed by atoms with Gasteiger partial charge in [-0.3, -0.25) is 14.4 Å². The Hall–Kier alpha value is -2.37. The Bertz CT molecular complexity index is 689. The van der Waals surface area contributed by atoms with Crippen LogP contribution in [0.2, 0.25) is 0 Å².